The summed E-state index contributed by atoms with van der Waals surface area (Å²) in [6.45, 7) is 5.68. The minimum absolute atomic E-state index is 0.0184. The van der Waals surface area contributed by atoms with E-state index in [4.69, 9.17) is 9.47 Å². The van der Waals surface area contributed by atoms with Crippen molar-refractivity contribution in [3.05, 3.63) is 58.7 Å². The molecule has 0 fully saturated rings. The number of nitrogens with one attached hydrogen (secondary N) is 1. The average molecular weight is 311 g/mol. The van der Waals surface area contributed by atoms with Crippen molar-refractivity contribution in [3.8, 4) is 11.5 Å². The maximum atomic E-state index is 12.1. The van der Waals surface area contributed by atoms with Crippen molar-refractivity contribution in [2.45, 2.75) is 26.8 Å². The molecule has 1 aliphatic rings. The Morgan fingerprint density at radius 1 is 1.09 bits per heavy atom. The van der Waals surface area contributed by atoms with Crippen LogP contribution in [0.4, 0.5) is 0 Å². The smallest absolute Gasteiger partial charge is 0.224 e. The Balaban J connectivity index is 1.62. The summed E-state index contributed by atoms with van der Waals surface area (Å²) in [6.07, 6.45) is 0.394. The molecule has 1 heterocycles. The predicted molar refractivity (Wildman–Crippen MR) is 88.9 cm³/mol. The van der Waals surface area contributed by atoms with E-state index in [1.807, 2.05) is 50.2 Å². The van der Waals surface area contributed by atoms with Gasteiger partial charge in [-0.15, -0.1) is 0 Å². The van der Waals surface area contributed by atoms with Gasteiger partial charge in [0.1, 0.15) is 13.2 Å². The van der Waals surface area contributed by atoms with E-state index in [0.29, 0.717) is 26.2 Å². The SMILES string of the molecule is Cc1cccc(CC(=O)NCc2cc3c(cc2C)OCCO3)c1. The Morgan fingerprint density at radius 2 is 1.83 bits per heavy atom. The molecule has 0 aromatic heterocycles. The minimum atomic E-state index is 0.0184. The molecule has 1 aliphatic heterocycles. The fourth-order valence-corrected chi connectivity index (χ4v) is 2.69. The first-order valence-corrected chi connectivity index (χ1v) is 7.83. The summed E-state index contributed by atoms with van der Waals surface area (Å²) in [5.74, 6) is 1.55. The minimum Gasteiger partial charge on any atom is -0.486 e. The van der Waals surface area contributed by atoms with Gasteiger partial charge in [-0.05, 0) is 42.7 Å². The molecule has 3 rings (SSSR count). The van der Waals surface area contributed by atoms with Crippen LogP contribution in [0.2, 0.25) is 0 Å². The Morgan fingerprint density at radius 3 is 2.57 bits per heavy atom. The van der Waals surface area contributed by atoms with Crippen molar-refractivity contribution in [2.75, 3.05) is 13.2 Å². The van der Waals surface area contributed by atoms with Crippen LogP contribution in [0.3, 0.4) is 0 Å². The molecular weight excluding hydrogens is 290 g/mol. The van der Waals surface area contributed by atoms with Crippen molar-refractivity contribution in [1.82, 2.24) is 5.32 Å². The van der Waals surface area contributed by atoms with Gasteiger partial charge in [-0.3, -0.25) is 4.79 Å². The number of hydrogen-bond acceptors (Lipinski definition) is 3. The molecule has 1 amide bonds. The van der Waals surface area contributed by atoms with Gasteiger partial charge in [-0.25, -0.2) is 0 Å². The van der Waals surface area contributed by atoms with Crippen LogP contribution in [0.1, 0.15) is 22.3 Å². The van der Waals surface area contributed by atoms with Crippen LogP contribution in [0.25, 0.3) is 0 Å². The molecule has 0 unspecified atom stereocenters. The molecule has 23 heavy (non-hydrogen) atoms. The largest absolute Gasteiger partial charge is 0.486 e. The fourth-order valence-electron chi connectivity index (χ4n) is 2.69. The third-order valence-electron chi connectivity index (χ3n) is 3.92. The third kappa shape index (κ3) is 3.83. The van der Waals surface area contributed by atoms with Crippen LogP contribution in [-0.4, -0.2) is 19.1 Å². The van der Waals surface area contributed by atoms with Gasteiger partial charge in [0.15, 0.2) is 11.5 Å². The molecule has 0 bridgehead atoms. The van der Waals surface area contributed by atoms with E-state index < -0.39 is 0 Å². The molecule has 0 spiro atoms. The van der Waals surface area contributed by atoms with Gasteiger partial charge >= 0.3 is 0 Å². The normalized spacial score (nSPS) is 12.8. The molecule has 4 heteroatoms. The number of hydrogen-bond donors (Lipinski definition) is 1. The molecule has 120 valence electrons. The van der Waals surface area contributed by atoms with E-state index in [0.717, 1.165) is 33.8 Å². The van der Waals surface area contributed by atoms with Gasteiger partial charge < -0.3 is 14.8 Å². The number of carbonyl (C=O) groups excluding carboxylic acids is 1. The maximum absolute atomic E-state index is 12.1. The number of ether oxygens (including phenoxy) is 2. The lowest BCUT2D eigenvalue weighted by molar-refractivity contribution is -0.120. The predicted octanol–water partition coefficient (Wildman–Crippen LogP) is 2.93. The number of carbonyl (C=O) groups is 1. The fraction of sp³-hybridized carbons (Fsp3) is 0.316. The van der Waals surface area contributed by atoms with Crippen molar-refractivity contribution >= 4 is 5.91 Å². The Kier molecular flexibility index (Phi) is 4.51. The lowest BCUT2D eigenvalue weighted by Gasteiger charge is -2.20. The topological polar surface area (TPSA) is 47.6 Å². The highest BCUT2D eigenvalue weighted by molar-refractivity contribution is 5.78. The second-order valence-corrected chi connectivity index (χ2v) is 5.86. The van der Waals surface area contributed by atoms with Gasteiger partial charge in [0.25, 0.3) is 0 Å². The van der Waals surface area contributed by atoms with Gasteiger partial charge in [-0.2, -0.15) is 0 Å². The van der Waals surface area contributed by atoms with Crippen LogP contribution < -0.4 is 14.8 Å². The van der Waals surface area contributed by atoms with E-state index in [1.165, 1.54) is 0 Å². The molecule has 0 radical (unpaired) electrons. The Bertz CT molecular complexity index is 725. The van der Waals surface area contributed by atoms with Crippen molar-refractivity contribution in [1.29, 1.82) is 0 Å². The van der Waals surface area contributed by atoms with E-state index in [1.54, 1.807) is 0 Å². The average Bonchev–Trinajstić information content (AvgIpc) is 2.53. The zero-order valence-electron chi connectivity index (χ0n) is 13.5. The number of aryl methyl sites for hydroxylation is 2. The van der Waals surface area contributed by atoms with E-state index in [9.17, 15) is 4.79 Å². The van der Waals surface area contributed by atoms with Crippen molar-refractivity contribution in [2.24, 2.45) is 0 Å². The molecule has 0 atom stereocenters. The summed E-state index contributed by atoms with van der Waals surface area (Å²) in [5, 5.41) is 2.98. The Labute approximate surface area is 136 Å². The monoisotopic (exact) mass is 311 g/mol. The molecule has 0 saturated carbocycles. The van der Waals surface area contributed by atoms with Crippen LogP contribution in [0.5, 0.6) is 11.5 Å². The first-order chi connectivity index (χ1) is 11.1. The summed E-state index contributed by atoms with van der Waals surface area (Å²) >= 11 is 0. The van der Waals surface area contributed by atoms with E-state index in [-0.39, 0.29) is 5.91 Å². The highest BCUT2D eigenvalue weighted by Crippen LogP contribution is 2.32. The maximum Gasteiger partial charge on any atom is 0.224 e. The van der Waals surface area contributed by atoms with Crippen LogP contribution in [0, 0.1) is 13.8 Å². The highest BCUT2D eigenvalue weighted by Gasteiger charge is 2.14. The number of rotatable bonds is 4. The second-order valence-electron chi connectivity index (χ2n) is 5.86. The Hall–Kier alpha value is -2.49. The standard InChI is InChI=1S/C19H21NO3/c1-13-4-3-5-15(8-13)10-19(21)20-12-16-11-18-17(9-14(16)2)22-6-7-23-18/h3-5,8-9,11H,6-7,10,12H2,1-2H3,(H,20,21). The molecule has 2 aromatic carbocycles. The summed E-state index contributed by atoms with van der Waals surface area (Å²) in [7, 11) is 0. The van der Waals surface area contributed by atoms with Crippen LogP contribution >= 0.6 is 0 Å². The van der Waals surface area contributed by atoms with Gasteiger partial charge in [0.05, 0.1) is 6.42 Å². The molecule has 1 N–H and O–H groups in total. The zero-order valence-corrected chi connectivity index (χ0v) is 13.5. The lowest BCUT2D eigenvalue weighted by Crippen LogP contribution is -2.25. The van der Waals surface area contributed by atoms with Crippen LogP contribution in [0.15, 0.2) is 36.4 Å². The zero-order chi connectivity index (χ0) is 16.2. The lowest BCUT2D eigenvalue weighted by atomic mass is 10.1. The van der Waals surface area contributed by atoms with E-state index in [2.05, 4.69) is 5.32 Å². The summed E-state index contributed by atoms with van der Waals surface area (Å²) < 4.78 is 11.2. The van der Waals surface area contributed by atoms with Crippen molar-refractivity contribution in [3.63, 3.8) is 0 Å². The quantitative estimate of drug-likeness (QED) is 0.944. The number of amides is 1. The summed E-state index contributed by atoms with van der Waals surface area (Å²) in [6, 6.07) is 11.9. The van der Waals surface area contributed by atoms with E-state index >= 15 is 0 Å². The molecule has 2 aromatic rings. The molecule has 0 aliphatic carbocycles. The summed E-state index contributed by atoms with van der Waals surface area (Å²) in [5.41, 5.74) is 4.33. The number of fused-ring (bicyclic) bond motifs is 1. The van der Waals surface area contributed by atoms with Crippen LogP contribution in [-0.2, 0) is 17.8 Å². The molecule has 0 saturated heterocycles. The number of benzene rings is 2. The first-order valence-electron chi connectivity index (χ1n) is 7.83. The van der Waals surface area contributed by atoms with Gasteiger partial charge in [-0.1, -0.05) is 29.8 Å². The first kappa shape index (κ1) is 15.4. The second kappa shape index (κ2) is 6.73. The third-order valence-corrected chi connectivity index (χ3v) is 3.92. The van der Waals surface area contributed by atoms with Gasteiger partial charge in [0, 0.05) is 6.54 Å². The van der Waals surface area contributed by atoms with Crippen molar-refractivity contribution < 1.29 is 14.3 Å². The molecular formula is C19H21NO3. The summed E-state index contributed by atoms with van der Waals surface area (Å²) in [4.78, 5) is 12.1. The van der Waals surface area contributed by atoms with Gasteiger partial charge in [0.2, 0.25) is 5.91 Å². The highest BCUT2D eigenvalue weighted by atomic mass is 16.6. The molecule has 4 nitrogen and oxygen atoms in total.